The molecule has 5 heteroatoms. The number of para-hydroxylation sites is 1. The lowest BCUT2D eigenvalue weighted by molar-refractivity contribution is -0.120. The largest absolute Gasteiger partial charge is 0.493 e. The smallest absolute Gasteiger partial charge is 0.234 e. The molecule has 2 N–H and O–H groups in total. The number of carbonyl (C=O) groups excluding carboxylic acids is 1. The summed E-state index contributed by atoms with van der Waals surface area (Å²) in [6.45, 7) is 1.65. The third kappa shape index (κ3) is 5.49. The Labute approximate surface area is 120 Å². The molecule has 1 aromatic carbocycles. The molecule has 0 radical (unpaired) electrons. The van der Waals surface area contributed by atoms with Crippen LogP contribution in [0.2, 0.25) is 0 Å². The van der Waals surface area contributed by atoms with E-state index < -0.39 is 0 Å². The normalized spacial score (nSPS) is 13.5. The van der Waals surface area contributed by atoms with E-state index in [2.05, 4.69) is 10.6 Å². The molecule has 0 heterocycles. The molecule has 106 valence electrons. The first kappa shape index (κ1) is 15.8. The molecule has 0 saturated heterocycles. The lowest BCUT2D eigenvalue weighted by Gasteiger charge is -2.11. The van der Waals surface area contributed by atoms with Gasteiger partial charge in [-0.2, -0.15) is 0 Å². The number of benzene rings is 1. The summed E-state index contributed by atoms with van der Waals surface area (Å²) in [4.78, 5) is 11.4. The summed E-state index contributed by atoms with van der Waals surface area (Å²) < 4.78 is 5.79. The van der Waals surface area contributed by atoms with Crippen molar-refractivity contribution in [2.45, 2.75) is 19.4 Å². The van der Waals surface area contributed by atoms with Gasteiger partial charge in [-0.15, -0.1) is 12.4 Å². The maximum Gasteiger partial charge on any atom is 0.234 e. The Balaban J connectivity index is 0.00000180. The first-order chi connectivity index (χ1) is 8.79. The molecule has 1 aromatic rings. The van der Waals surface area contributed by atoms with Gasteiger partial charge in [0.15, 0.2) is 0 Å². The predicted molar refractivity (Wildman–Crippen MR) is 77.7 cm³/mol. The molecule has 1 saturated carbocycles. The fraction of sp³-hybridized carbons (Fsp3) is 0.500. The van der Waals surface area contributed by atoms with Gasteiger partial charge in [0.1, 0.15) is 5.75 Å². The van der Waals surface area contributed by atoms with Gasteiger partial charge in [0, 0.05) is 12.1 Å². The van der Waals surface area contributed by atoms with Crippen molar-refractivity contribution in [3.05, 3.63) is 29.8 Å². The highest BCUT2D eigenvalue weighted by atomic mass is 35.5. The summed E-state index contributed by atoms with van der Waals surface area (Å²) in [5.74, 6) is 1.61. The van der Waals surface area contributed by atoms with Crippen LogP contribution in [0, 0.1) is 5.92 Å². The zero-order valence-electron chi connectivity index (χ0n) is 11.1. The van der Waals surface area contributed by atoms with Gasteiger partial charge in [-0.05, 0) is 31.9 Å². The molecule has 0 spiro atoms. The van der Waals surface area contributed by atoms with Crippen LogP contribution in [-0.2, 0) is 11.3 Å². The number of hydrogen-bond donors (Lipinski definition) is 2. The van der Waals surface area contributed by atoms with Gasteiger partial charge < -0.3 is 15.4 Å². The highest BCUT2D eigenvalue weighted by Crippen LogP contribution is 2.30. The monoisotopic (exact) mass is 284 g/mol. The van der Waals surface area contributed by atoms with Gasteiger partial charge >= 0.3 is 0 Å². The van der Waals surface area contributed by atoms with Gasteiger partial charge in [0.25, 0.3) is 0 Å². The average molecular weight is 285 g/mol. The molecule has 0 atom stereocenters. The SMILES string of the molecule is CNCC(=O)NCc1ccccc1OCC1CC1.Cl. The summed E-state index contributed by atoms with van der Waals surface area (Å²) >= 11 is 0. The number of hydrogen-bond acceptors (Lipinski definition) is 3. The van der Waals surface area contributed by atoms with Crippen molar-refractivity contribution < 1.29 is 9.53 Å². The highest BCUT2D eigenvalue weighted by molar-refractivity contribution is 5.85. The molecule has 1 fully saturated rings. The van der Waals surface area contributed by atoms with Crippen LogP contribution in [-0.4, -0.2) is 26.1 Å². The molecular weight excluding hydrogens is 264 g/mol. The fourth-order valence-electron chi connectivity index (χ4n) is 1.70. The number of likely N-dealkylation sites (N-methyl/N-ethyl adjacent to an activating group) is 1. The zero-order valence-corrected chi connectivity index (χ0v) is 12.0. The number of ether oxygens (including phenoxy) is 1. The third-order valence-corrected chi connectivity index (χ3v) is 2.96. The van der Waals surface area contributed by atoms with Crippen molar-refractivity contribution in [2.75, 3.05) is 20.2 Å². The van der Waals surface area contributed by atoms with Crippen molar-refractivity contribution in [3.8, 4) is 5.75 Å². The Morgan fingerprint density at radius 1 is 1.37 bits per heavy atom. The van der Waals surface area contributed by atoms with Crippen LogP contribution >= 0.6 is 12.4 Å². The van der Waals surface area contributed by atoms with Crippen LogP contribution in [0.3, 0.4) is 0 Å². The molecule has 0 aliphatic heterocycles. The molecule has 1 aliphatic carbocycles. The van der Waals surface area contributed by atoms with Gasteiger partial charge in [-0.1, -0.05) is 18.2 Å². The Bertz CT molecular complexity index is 408. The second kappa shape index (κ2) is 8.02. The van der Waals surface area contributed by atoms with Crippen molar-refractivity contribution >= 4 is 18.3 Å². The zero-order chi connectivity index (χ0) is 12.8. The van der Waals surface area contributed by atoms with E-state index in [1.165, 1.54) is 12.8 Å². The first-order valence-electron chi connectivity index (χ1n) is 6.41. The van der Waals surface area contributed by atoms with E-state index in [0.29, 0.717) is 13.1 Å². The molecule has 2 rings (SSSR count). The summed E-state index contributed by atoms with van der Waals surface area (Å²) in [5, 5.41) is 5.69. The highest BCUT2D eigenvalue weighted by Gasteiger charge is 2.22. The van der Waals surface area contributed by atoms with E-state index in [1.54, 1.807) is 7.05 Å². The second-order valence-corrected chi connectivity index (χ2v) is 4.67. The van der Waals surface area contributed by atoms with Crippen molar-refractivity contribution in [3.63, 3.8) is 0 Å². The number of rotatable bonds is 7. The van der Waals surface area contributed by atoms with Crippen LogP contribution in [0.5, 0.6) is 5.75 Å². The van der Waals surface area contributed by atoms with E-state index in [4.69, 9.17) is 4.74 Å². The van der Waals surface area contributed by atoms with E-state index in [0.717, 1.165) is 23.8 Å². The van der Waals surface area contributed by atoms with E-state index in [9.17, 15) is 4.79 Å². The van der Waals surface area contributed by atoms with Crippen LogP contribution in [0.15, 0.2) is 24.3 Å². The lowest BCUT2D eigenvalue weighted by atomic mass is 10.2. The molecule has 1 amide bonds. The van der Waals surface area contributed by atoms with Crippen LogP contribution in [0.25, 0.3) is 0 Å². The molecule has 4 nitrogen and oxygen atoms in total. The standard InChI is InChI=1S/C14H20N2O2.ClH/c1-15-9-14(17)16-8-12-4-2-3-5-13(12)18-10-11-6-7-11;/h2-5,11,15H,6-10H2,1H3,(H,16,17);1H. The van der Waals surface area contributed by atoms with Crippen LogP contribution < -0.4 is 15.4 Å². The van der Waals surface area contributed by atoms with Crippen LogP contribution in [0.1, 0.15) is 18.4 Å². The van der Waals surface area contributed by atoms with Gasteiger partial charge in [-0.25, -0.2) is 0 Å². The minimum Gasteiger partial charge on any atom is -0.493 e. The van der Waals surface area contributed by atoms with Gasteiger partial charge in [0.05, 0.1) is 13.2 Å². The second-order valence-electron chi connectivity index (χ2n) is 4.67. The summed E-state index contributed by atoms with van der Waals surface area (Å²) in [5.41, 5.74) is 1.03. The summed E-state index contributed by atoms with van der Waals surface area (Å²) in [6, 6.07) is 7.87. The Hall–Kier alpha value is -1.26. The third-order valence-electron chi connectivity index (χ3n) is 2.96. The number of nitrogens with one attached hydrogen (secondary N) is 2. The molecule has 1 aliphatic rings. The Morgan fingerprint density at radius 2 is 2.11 bits per heavy atom. The number of amides is 1. The molecule has 19 heavy (non-hydrogen) atoms. The van der Waals surface area contributed by atoms with Crippen molar-refractivity contribution in [1.29, 1.82) is 0 Å². The summed E-state index contributed by atoms with van der Waals surface area (Å²) in [6.07, 6.45) is 2.56. The molecular formula is C14H21ClN2O2. The first-order valence-corrected chi connectivity index (χ1v) is 6.41. The van der Waals surface area contributed by atoms with Crippen LogP contribution in [0.4, 0.5) is 0 Å². The molecule has 0 unspecified atom stereocenters. The maximum absolute atomic E-state index is 11.4. The van der Waals surface area contributed by atoms with E-state index in [-0.39, 0.29) is 18.3 Å². The lowest BCUT2D eigenvalue weighted by Crippen LogP contribution is -2.31. The van der Waals surface area contributed by atoms with Gasteiger partial charge in [0.2, 0.25) is 5.91 Å². The average Bonchev–Trinajstić information content (AvgIpc) is 3.19. The predicted octanol–water partition coefficient (Wildman–Crippen LogP) is 1.73. The molecule has 0 bridgehead atoms. The topological polar surface area (TPSA) is 50.4 Å². The van der Waals surface area contributed by atoms with Gasteiger partial charge in [-0.3, -0.25) is 4.79 Å². The summed E-state index contributed by atoms with van der Waals surface area (Å²) in [7, 11) is 1.76. The van der Waals surface area contributed by atoms with Crippen molar-refractivity contribution in [1.82, 2.24) is 10.6 Å². The Morgan fingerprint density at radius 3 is 2.79 bits per heavy atom. The van der Waals surface area contributed by atoms with E-state index in [1.807, 2.05) is 24.3 Å². The molecule has 0 aromatic heterocycles. The van der Waals surface area contributed by atoms with Crippen molar-refractivity contribution in [2.24, 2.45) is 5.92 Å². The van der Waals surface area contributed by atoms with E-state index >= 15 is 0 Å². The fourth-order valence-corrected chi connectivity index (χ4v) is 1.70. The number of carbonyl (C=O) groups is 1. The minimum atomic E-state index is -0.00510. The minimum absolute atomic E-state index is 0. The Kier molecular flexibility index (Phi) is 6.67. The number of halogens is 1. The quantitative estimate of drug-likeness (QED) is 0.802. The maximum atomic E-state index is 11.4.